The summed E-state index contributed by atoms with van der Waals surface area (Å²) in [6.07, 6.45) is 3.10. The predicted octanol–water partition coefficient (Wildman–Crippen LogP) is 7.56. The molecule has 0 saturated carbocycles. The van der Waals surface area contributed by atoms with Gasteiger partial charge in [-0.1, -0.05) is 116 Å². The van der Waals surface area contributed by atoms with E-state index in [1.165, 1.54) is 5.56 Å². The van der Waals surface area contributed by atoms with E-state index in [-0.39, 0.29) is 11.6 Å². The van der Waals surface area contributed by atoms with Crippen molar-refractivity contribution in [3.05, 3.63) is 144 Å². The molecule has 0 atom stereocenters. The molecule has 4 nitrogen and oxygen atoms in total. The van der Waals surface area contributed by atoms with Gasteiger partial charge in [0.25, 0.3) is 0 Å². The minimum absolute atomic E-state index is 0.209. The summed E-state index contributed by atoms with van der Waals surface area (Å²) in [6.45, 7) is 1.87. The van der Waals surface area contributed by atoms with Crippen molar-refractivity contribution in [2.45, 2.75) is 32.6 Å². The van der Waals surface area contributed by atoms with E-state index in [4.69, 9.17) is 5.11 Å². The van der Waals surface area contributed by atoms with Gasteiger partial charge in [-0.25, -0.2) is 4.79 Å². The molecule has 4 aromatic rings. The van der Waals surface area contributed by atoms with Crippen LogP contribution < -0.4 is 0 Å². The Morgan fingerprint density at radius 2 is 0.944 bits per heavy atom. The second kappa shape index (κ2) is 16.3. The number of carboxylic acids is 1. The zero-order chi connectivity index (χ0) is 26.0. The molecular weight excluding hydrogens is 448 g/mol. The van der Waals surface area contributed by atoms with E-state index in [1.54, 1.807) is 30.3 Å². The van der Waals surface area contributed by atoms with E-state index in [0.717, 1.165) is 24.0 Å². The van der Waals surface area contributed by atoms with Gasteiger partial charge in [-0.15, -0.1) is 0 Å². The first kappa shape index (κ1) is 27.9. The van der Waals surface area contributed by atoms with E-state index in [2.05, 4.69) is 12.1 Å². The van der Waals surface area contributed by atoms with Crippen molar-refractivity contribution >= 4 is 17.5 Å². The van der Waals surface area contributed by atoms with Crippen molar-refractivity contribution in [2.24, 2.45) is 0 Å². The molecule has 4 aromatic carbocycles. The number of ketones is 2. The highest BCUT2D eigenvalue weighted by Crippen LogP contribution is 2.09. The molecule has 4 rings (SSSR count). The molecule has 1 N–H and O–H groups in total. The number of aromatic carboxylic acids is 1. The smallest absolute Gasteiger partial charge is 0.335 e. The molecule has 0 heterocycles. The van der Waals surface area contributed by atoms with Crippen LogP contribution in [0.15, 0.2) is 121 Å². The molecule has 0 spiro atoms. The van der Waals surface area contributed by atoms with Crippen molar-refractivity contribution in [1.29, 1.82) is 0 Å². The second-order valence-corrected chi connectivity index (χ2v) is 7.94. The number of carbonyl (C=O) groups is 3. The van der Waals surface area contributed by atoms with Crippen LogP contribution in [0.3, 0.4) is 0 Å². The van der Waals surface area contributed by atoms with Gasteiger partial charge < -0.3 is 5.11 Å². The van der Waals surface area contributed by atoms with E-state index in [0.29, 0.717) is 18.4 Å². The summed E-state index contributed by atoms with van der Waals surface area (Å²) >= 11 is 0. The van der Waals surface area contributed by atoms with Gasteiger partial charge in [-0.3, -0.25) is 9.59 Å². The average Bonchev–Trinajstić information content (AvgIpc) is 2.95. The number of hydrogen-bond acceptors (Lipinski definition) is 3. The number of rotatable bonds is 8. The summed E-state index contributed by atoms with van der Waals surface area (Å²) in [4.78, 5) is 33.0. The number of hydrogen-bond donors (Lipinski definition) is 1. The Kier molecular flexibility index (Phi) is 12.7. The Labute approximate surface area is 213 Å². The normalized spacial score (nSPS) is 9.58. The van der Waals surface area contributed by atoms with Gasteiger partial charge >= 0.3 is 5.97 Å². The summed E-state index contributed by atoms with van der Waals surface area (Å²) in [5.41, 5.74) is 3.26. The molecule has 36 heavy (non-hydrogen) atoms. The summed E-state index contributed by atoms with van der Waals surface area (Å²) in [6, 6.07) is 37.4. The molecule has 0 bridgehead atoms. The Hall–Kier alpha value is -4.31. The molecule has 0 saturated heterocycles. The van der Waals surface area contributed by atoms with Crippen molar-refractivity contribution in [2.75, 3.05) is 0 Å². The highest BCUT2D eigenvalue weighted by atomic mass is 16.4. The van der Waals surface area contributed by atoms with Gasteiger partial charge in [-0.2, -0.15) is 0 Å². The largest absolute Gasteiger partial charge is 0.478 e. The zero-order valence-corrected chi connectivity index (χ0v) is 20.5. The van der Waals surface area contributed by atoms with Gasteiger partial charge in [0.2, 0.25) is 0 Å². The van der Waals surface area contributed by atoms with Crippen LogP contribution in [0, 0.1) is 0 Å². The average molecular weight is 481 g/mol. The Morgan fingerprint density at radius 3 is 1.33 bits per heavy atom. The van der Waals surface area contributed by atoms with Crippen LogP contribution in [-0.2, 0) is 6.42 Å². The third-order valence-electron chi connectivity index (χ3n) is 5.25. The maximum atomic E-state index is 11.8. The summed E-state index contributed by atoms with van der Waals surface area (Å²) in [5.74, 6) is -0.433. The molecule has 184 valence electrons. The fourth-order valence-corrected chi connectivity index (χ4v) is 3.28. The first-order chi connectivity index (χ1) is 17.5. The minimum Gasteiger partial charge on any atom is -0.478 e. The van der Waals surface area contributed by atoms with Crippen LogP contribution in [0.2, 0.25) is 0 Å². The molecule has 0 fully saturated rings. The lowest BCUT2D eigenvalue weighted by Crippen LogP contribution is -1.99. The van der Waals surface area contributed by atoms with Gasteiger partial charge in [0.1, 0.15) is 0 Å². The van der Waals surface area contributed by atoms with Crippen LogP contribution in [0.25, 0.3) is 0 Å². The van der Waals surface area contributed by atoms with Crippen LogP contribution in [0.5, 0.6) is 0 Å². The van der Waals surface area contributed by atoms with Crippen LogP contribution in [0.4, 0.5) is 0 Å². The number of benzene rings is 4. The Morgan fingerprint density at radius 1 is 0.556 bits per heavy atom. The van der Waals surface area contributed by atoms with Crippen LogP contribution in [-0.4, -0.2) is 22.6 Å². The molecule has 0 radical (unpaired) electrons. The lowest BCUT2D eigenvalue weighted by Gasteiger charge is -2.01. The Balaban J connectivity index is 0.000000205. The Bertz CT molecular complexity index is 1170. The summed E-state index contributed by atoms with van der Waals surface area (Å²) in [7, 11) is 0. The molecule has 0 aliphatic rings. The van der Waals surface area contributed by atoms with Gasteiger partial charge in [0.05, 0.1) is 5.56 Å². The zero-order valence-electron chi connectivity index (χ0n) is 20.5. The summed E-state index contributed by atoms with van der Waals surface area (Å²) in [5, 5.41) is 8.38. The van der Waals surface area contributed by atoms with Gasteiger partial charge in [0.15, 0.2) is 11.6 Å². The number of Topliss-reactive ketones (excluding diaryl/α,β-unsaturated/α-hetero) is 2. The maximum Gasteiger partial charge on any atom is 0.335 e. The first-order valence-electron chi connectivity index (χ1n) is 12.0. The van der Waals surface area contributed by atoms with E-state index in [9.17, 15) is 14.4 Å². The lowest BCUT2D eigenvalue weighted by atomic mass is 10.0. The monoisotopic (exact) mass is 480 g/mol. The van der Waals surface area contributed by atoms with E-state index >= 15 is 0 Å². The molecule has 0 aromatic heterocycles. The van der Waals surface area contributed by atoms with Gasteiger partial charge in [0, 0.05) is 24.0 Å². The third-order valence-corrected chi connectivity index (χ3v) is 5.25. The molecule has 0 amide bonds. The predicted molar refractivity (Wildman–Crippen MR) is 145 cm³/mol. The van der Waals surface area contributed by atoms with Crippen molar-refractivity contribution in [3.63, 3.8) is 0 Å². The molecule has 0 unspecified atom stereocenters. The fourth-order valence-electron chi connectivity index (χ4n) is 3.28. The number of carboxylic acid groups (broad SMARTS) is 1. The van der Waals surface area contributed by atoms with Crippen molar-refractivity contribution in [3.8, 4) is 0 Å². The standard InChI is InChI=1S/C16H16O.C9H10O.C7H6O2/c17-16(15-11-5-2-6-12-15)13-7-10-14-8-3-1-4-9-14;1-2-9(10)8-6-4-3-5-7-8;8-7(9)6-4-2-1-3-5-6/h1-6,8-9,11-12H,7,10,13H2;3-7H,2H2,1H3;1-5H,(H,8,9). The first-order valence-corrected chi connectivity index (χ1v) is 12.0. The third kappa shape index (κ3) is 10.7. The number of carbonyl (C=O) groups excluding carboxylic acids is 2. The molecule has 0 aliphatic heterocycles. The lowest BCUT2D eigenvalue weighted by molar-refractivity contribution is 0.0696. The van der Waals surface area contributed by atoms with Gasteiger partial charge in [-0.05, 0) is 30.5 Å². The van der Waals surface area contributed by atoms with Crippen LogP contribution >= 0.6 is 0 Å². The number of aryl methyl sites for hydroxylation is 1. The quantitative estimate of drug-likeness (QED) is 0.264. The van der Waals surface area contributed by atoms with E-state index < -0.39 is 5.97 Å². The highest BCUT2D eigenvalue weighted by molar-refractivity contribution is 5.96. The molecular formula is C32H32O4. The molecule has 4 heteroatoms. The van der Waals surface area contributed by atoms with Crippen LogP contribution in [0.1, 0.15) is 62.8 Å². The van der Waals surface area contributed by atoms with Crippen molar-refractivity contribution in [1.82, 2.24) is 0 Å². The highest BCUT2D eigenvalue weighted by Gasteiger charge is 2.04. The second-order valence-electron chi connectivity index (χ2n) is 7.94. The van der Waals surface area contributed by atoms with Crippen molar-refractivity contribution < 1.29 is 19.5 Å². The fraction of sp³-hybridized carbons (Fsp3) is 0.156. The molecule has 0 aliphatic carbocycles. The SMILES string of the molecule is CCC(=O)c1ccccc1.O=C(CCCc1ccccc1)c1ccccc1.O=C(O)c1ccccc1. The van der Waals surface area contributed by atoms with E-state index in [1.807, 2.05) is 85.8 Å². The topological polar surface area (TPSA) is 71.4 Å². The minimum atomic E-state index is -0.879. The maximum absolute atomic E-state index is 11.8. The summed E-state index contributed by atoms with van der Waals surface area (Å²) < 4.78 is 0.